The first-order valence-corrected chi connectivity index (χ1v) is 3.63. The van der Waals surface area contributed by atoms with Crippen LogP contribution in [0.4, 0.5) is 0 Å². The van der Waals surface area contributed by atoms with Gasteiger partial charge in [0.05, 0.1) is 15.7 Å². The van der Waals surface area contributed by atoms with E-state index >= 15 is 0 Å². The van der Waals surface area contributed by atoms with E-state index in [9.17, 15) is 0 Å². The number of hydrogen-bond donors (Lipinski definition) is 0. The Labute approximate surface area is 78.6 Å². The molecule has 0 fully saturated rings. The van der Waals surface area contributed by atoms with Gasteiger partial charge in [0.2, 0.25) is 0 Å². The molecule has 55 valence electrons. The molecule has 0 bridgehead atoms. The second-order valence-electron chi connectivity index (χ2n) is 1.82. The minimum Gasteiger partial charge on any atom is -0.245 e. The standard InChI is InChI=1S/C7H5NS.Ag/c1-2-4-7-6(3-1)8-5-9-7;/h1-5H;. The van der Waals surface area contributed by atoms with Crippen LogP contribution in [0.15, 0.2) is 29.8 Å². The quantitative estimate of drug-likeness (QED) is 0.647. The Morgan fingerprint density at radius 3 is 2.80 bits per heavy atom. The molecule has 0 unspecified atom stereocenters. The van der Waals surface area contributed by atoms with E-state index in [0.717, 1.165) is 5.52 Å². The maximum absolute atomic E-state index is 4.14. The van der Waals surface area contributed by atoms with Gasteiger partial charge in [-0.2, -0.15) is 0 Å². The predicted molar refractivity (Wildman–Crippen MR) is 39.6 cm³/mol. The SMILES string of the molecule is [Ag].c1ccc2scnc2c1. The van der Waals surface area contributed by atoms with Crippen molar-refractivity contribution < 1.29 is 22.4 Å². The molecule has 1 nitrogen and oxygen atoms in total. The molecule has 0 N–H and O–H groups in total. The molecule has 10 heavy (non-hydrogen) atoms. The van der Waals surface area contributed by atoms with Gasteiger partial charge in [-0.1, -0.05) is 12.1 Å². The van der Waals surface area contributed by atoms with Crippen LogP contribution < -0.4 is 0 Å². The van der Waals surface area contributed by atoms with Crippen LogP contribution in [0, 0.1) is 0 Å². The predicted octanol–water partition coefficient (Wildman–Crippen LogP) is 2.29. The molecule has 0 amide bonds. The molecule has 0 aliphatic rings. The number of nitrogens with zero attached hydrogens (tertiary/aromatic N) is 1. The zero-order chi connectivity index (χ0) is 6.10. The minimum absolute atomic E-state index is 0. The van der Waals surface area contributed by atoms with E-state index in [2.05, 4.69) is 11.1 Å². The zero-order valence-electron chi connectivity index (χ0n) is 5.04. The van der Waals surface area contributed by atoms with Gasteiger partial charge in [0.15, 0.2) is 0 Å². The summed E-state index contributed by atoms with van der Waals surface area (Å²) in [5.74, 6) is 0. The minimum atomic E-state index is 0. The summed E-state index contributed by atoms with van der Waals surface area (Å²) >= 11 is 1.68. The fraction of sp³-hybridized carbons (Fsp3) is 0. The number of rotatable bonds is 0. The third-order valence-electron chi connectivity index (χ3n) is 1.24. The molecular weight excluding hydrogens is 238 g/mol. The number of para-hydroxylation sites is 1. The molecule has 0 saturated carbocycles. The average molecular weight is 243 g/mol. The number of benzene rings is 1. The number of fused-ring (bicyclic) bond motifs is 1. The van der Waals surface area contributed by atoms with Crippen LogP contribution in [0.5, 0.6) is 0 Å². The summed E-state index contributed by atoms with van der Waals surface area (Å²) in [4.78, 5) is 4.14. The van der Waals surface area contributed by atoms with Crippen molar-refractivity contribution in [3.05, 3.63) is 29.8 Å². The first-order chi connectivity index (χ1) is 4.47. The molecule has 0 spiro atoms. The van der Waals surface area contributed by atoms with Crippen molar-refractivity contribution in [1.82, 2.24) is 4.98 Å². The molecule has 1 heterocycles. The number of thiazole rings is 1. The van der Waals surface area contributed by atoms with Crippen molar-refractivity contribution in [2.75, 3.05) is 0 Å². The molecule has 1 aromatic carbocycles. The van der Waals surface area contributed by atoms with E-state index in [0.29, 0.717) is 0 Å². The molecule has 0 atom stereocenters. The normalized spacial score (nSPS) is 9.20. The molecule has 0 aliphatic heterocycles. The van der Waals surface area contributed by atoms with E-state index in [-0.39, 0.29) is 22.4 Å². The van der Waals surface area contributed by atoms with Crippen molar-refractivity contribution in [3.8, 4) is 0 Å². The van der Waals surface area contributed by atoms with E-state index < -0.39 is 0 Å². The number of hydrogen-bond acceptors (Lipinski definition) is 2. The smallest absolute Gasteiger partial charge is 0.0812 e. The van der Waals surface area contributed by atoms with Gasteiger partial charge in [-0.3, -0.25) is 0 Å². The van der Waals surface area contributed by atoms with E-state index in [1.54, 1.807) is 11.3 Å². The summed E-state index contributed by atoms with van der Waals surface area (Å²) in [7, 11) is 0. The Morgan fingerprint density at radius 2 is 2.00 bits per heavy atom. The van der Waals surface area contributed by atoms with Crippen LogP contribution in [0.1, 0.15) is 0 Å². The Hall–Kier alpha value is -0.150. The van der Waals surface area contributed by atoms with E-state index in [1.165, 1.54) is 4.70 Å². The van der Waals surface area contributed by atoms with Crippen LogP contribution in [-0.2, 0) is 22.4 Å². The largest absolute Gasteiger partial charge is 0.245 e. The monoisotopic (exact) mass is 242 g/mol. The summed E-state index contributed by atoms with van der Waals surface area (Å²) in [5.41, 5.74) is 2.97. The fourth-order valence-electron chi connectivity index (χ4n) is 0.803. The topological polar surface area (TPSA) is 12.9 Å². The molecule has 0 aliphatic carbocycles. The molecule has 1 aromatic heterocycles. The second-order valence-corrected chi connectivity index (χ2v) is 2.71. The maximum atomic E-state index is 4.14. The molecule has 0 saturated heterocycles. The van der Waals surface area contributed by atoms with Crippen molar-refractivity contribution in [2.45, 2.75) is 0 Å². The van der Waals surface area contributed by atoms with Crippen LogP contribution in [-0.4, -0.2) is 4.98 Å². The summed E-state index contributed by atoms with van der Waals surface area (Å²) in [5, 5.41) is 0. The first-order valence-electron chi connectivity index (χ1n) is 2.75. The van der Waals surface area contributed by atoms with Crippen LogP contribution >= 0.6 is 11.3 Å². The van der Waals surface area contributed by atoms with Gasteiger partial charge in [-0.15, -0.1) is 11.3 Å². The fourth-order valence-corrected chi connectivity index (χ4v) is 1.48. The van der Waals surface area contributed by atoms with Crippen LogP contribution in [0.3, 0.4) is 0 Å². The first kappa shape index (κ1) is 7.95. The van der Waals surface area contributed by atoms with Gasteiger partial charge in [0, 0.05) is 22.4 Å². The Bertz CT molecular complexity index is 288. The summed E-state index contributed by atoms with van der Waals surface area (Å²) in [6.07, 6.45) is 0. The molecular formula is C7H5AgNS. The number of aromatic nitrogens is 1. The van der Waals surface area contributed by atoms with Gasteiger partial charge in [-0.05, 0) is 12.1 Å². The molecule has 1 radical (unpaired) electrons. The third-order valence-corrected chi connectivity index (χ3v) is 2.05. The summed E-state index contributed by atoms with van der Waals surface area (Å²) in [6.45, 7) is 0. The Balaban J connectivity index is 0.000000500. The van der Waals surface area contributed by atoms with Crippen molar-refractivity contribution in [2.24, 2.45) is 0 Å². The molecule has 2 aromatic rings. The van der Waals surface area contributed by atoms with Crippen molar-refractivity contribution in [1.29, 1.82) is 0 Å². The average Bonchev–Trinajstić information content (AvgIpc) is 2.33. The Kier molecular flexibility index (Phi) is 2.63. The Morgan fingerprint density at radius 1 is 1.20 bits per heavy atom. The van der Waals surface area contributed by atoms with E-state index in [4.69, 9.17) is 0 Å². The van der Waals surface area contributed by atoms with Gasteiger partial charge in [-0.25, -0.2) is 4.98 Å². The molecule has 3 heteroatoms. The summed E-state index contributed by atoms with van der Waals surface area (Å²) < 4.78 is 1.26. The van der Waals surface area contributed by atoms with Gasteiger partial charge < -0.3 is 0 Å². The third kappa shape index (κ3) is 1.30. The zero-order valence-corrected chi connectivity index (χ0v) is 7.34. The van der Waals surface area contributed by atoms with Crippen LogP contribution in [0.2, 0.25) is 0 Å². The molecule has 2 rings (SSSR count). The maximum Gasteiger partial charge on any atom is 0.0812 e. The van der Waals surface area contributed by atoms with Gasteiger partial charge in [0.1, 0.15) is 0 Å². The van der Waals surface area contributed by atoms with E-state index in [1.807, 2.05) is 23.7 Å². The van der Waals surface area contributed by atoms with Gasteiger partial charge in [0.25, 0.3) is 0 Å². The van der Waals surface area contributed by atoms with Crippen LogP contribution in [0.25, 0.3) is 10.2 Å². The van der Waals surface area contributed by atoms with Gasteiger partial charge >= 0.3 is 0 Å². The second kappa shape index (κ2) is 3.30. The van der Waals surface area contributed by atoms with Crippen molar-refractivity contribution >= 4 is 21.6 Å². The van der Waals surface area contributed by atoms with Crippen molar-refractivity contribution in [3.63, 3.8) is 0 Å². The summed E-state index contributed by atoms with van der Waals surface area (Å²) in [6, 6.07) is 8.13.